The molecule has 6 aromatic carbocycles. The van der Waals surface area contributed by atoms with Crippen molar-refractivity contribution in [1.29, 1.82) is 0 Å². The zero-order valence-corrected chi connectivity index (χ0v) is 63.2. The maximum absolute atomic E-state index is 15.2. The van der Waals surface area contributed by atoms with Crippen LogP contribution in [0, 0.1) is 0 Å². The molecule has 4 saturated heterocycles. The minimum atomic E-state index is -3.12. The van der Waals surface area contributed by atoms with Crippen molar-refractivity contribution >= 4 is 47.6 Å². The molecule has 4 aliphatic heterocycles. The number of hydrogen-bond donors (Lipinski definition) is 4. The molecule has 0 bridgehead atoms. The number of carbonyl (C=O) groups is 8. The van der Waals surface area contributed by atoms with Gasteiger partial charge in [0.2, 0.25) is 11.8 Å². The number of amides is 2. The van der Waals surface area contributed by atoms with E-state index in [1.807, 2.05) is 127 Å². The molecule has 0 unspecified atom stereocenters. The normalized spacial score (nSPS) is 28.2. The van der Waals surface area contributed by atoms with Gasteiger partial charge in [0.25, 0.3) is 5.79 Å². The molecule has 2 amide bonds. The van der Waals surface area contributed by atoms with Gasteiger partial charge in [0, 0.05) is 41.5 Å². The SMILES string of the molecule is COC(=O)[C@@]1(O[C@H]2[C@@H](O)[C@@H](COC(=O)c3ccccc3)O[C@@H](O[C@@H]3[C@@H](NC(C)=O)[C@H](OCc4ccccc4)O[C@H](COCc4ccccc4)[C@H]3O[C@@H]3O[C@@H](C)[C@@H](OCc4ccccc4)[C@@H](OCc4ccccc4)[C@@H]3OCc3ccccc3)[C@@H]2O)C[C@H](OC(C)=O)[C@@H](NC(C)=O)[C@H]([C@H](OC(C)=O)[C@@H](COC(C)=O)OC(C)=O)O1. The van der Waals surface area contributed by atoms with Gasteiger partial charge < -0.3 is 106 Å². The van der Waals surface area contributed by atoms with Gasteiger partial charge in [-0.1, -0.05) is 170 Å². The van der Waals surface area contributed by atoms with Crippen LogP contribution in [-0.4, -0.2) is 213 Å². The van der Waals surface area contributed by atoms with Gasteiger partial charge in [0.05, 0.1) is 70.9 Å². The van der Waals surface area contributed by atoms with Gasteiger partial charge in [-0.15, -0.1) is 0 Å². The molecule has 0 saturated carbocycles. The van der Waals surface area contributed by atoms with Gasteiger partial charge in [-0.25, -0.2) is 9.59 Å². The molecule has 112 heavy (non-hydrogen) atoms. The summed E-state index contributed by atoms with van der Waals surface area (Å²) >= 11 is 0. The maximum Gasteiger partial charge on any atom is 0.366 e. The Bertz CT molecular complexity index is 3990. The molecule has 0 radical (unpaired) electrons. The highest BCUT2D eigenvalue weighted by Gasteiger charge is 2.63. The monoisotopic (exact) mass is 1560 g/mol. The predicted octanol–water partition coefficient (Wildman–Crippen LogP) is 6.13. The number of rotatable bonds is 35. The molecule has 4 heterocycles. The van der Waals surface area contributed by atoms with E-state index in [4.69, 9.17) is 85.3 Å². The summed E-state index contributed by atoms with van der Waals surface area (Å²) in [6.07, 6.45) is -31.5. The number of aliphatic hydroxyl groups excluding tert-OH is 2. The van der Waals surface area contributed by atoms with Crippen molar-refractivity contribution in [2.75, 3.05) is 26.9 Å². The van der Waals surface area contributed by atoms with E-state index < -0.39 is 196 Å². The van der Waals surface area contributed by atoms with Crippen LogP contribution in [0.25, 0.3) is 0 Å². The first-order valence-corrected chi connectivity index (χ1v) is 36.7. The third kappa shape index (κ3) is 23.6. The van der Waals surface area contributed by atoms with Crippen LogP contribution in [0.15, 0.2) is 182 Å². The lowest BCUT2D eigenvalue weighted by atomic mass is 9.87. The average Bonchev–Trinajstić information content (AvgIpc) is 0.744. The molecule has 10 rings (SSSR count). The Labute approximate surface area is 648 Å². The summed E-state index contributed by atoms with van der Waals surface area (Å²) in [5.74, 6) is -11.0. The predicted molar refractivity (Wildman–Crippen MR) is 390 cm³/mol. The minimum absolute atomic E-state index is 0.0108. The van der Waals surface area contributed by atoms with E-state index >= 15 is 4.79 Å². The molecule has 0 aromatic heterocycles. The van der Waals surface area contributed by atoms with Crippen LogP contribution < -0.4 is 10.6 Å². The Morgan fingerprint density at radius 2 is 0.955 bits per heavy atom. The first-order valence-electron chi connectivity index (χ1n) is 36.7. The topological polar surface area (TPSA) is 367 Å². The molecule has 21 atom stereocenters. The van der Waals surface area contributed by atoms with Gasteiger partial charge in [-0.2, -0.15) is 0 Å². The second-order valence-corrected chi connectivity index (χ2v) is 27.3. The summed E-state index contributed by atoms with van der Waals surface area (Å²) in [4.78, 5) is 109. The number of ether oxygens (including phenoxy) is 18. The Morgan fingerprint density at radius 1 is 0.473 bits per heavy atom. The fourth-order valence-electron chi connectivity index (χ4n) is 13.6. The standard InChI is InChI=1S/C82H96N2O28/c1-48-69(98-41-56-29-17-10-18-30-56)75(99-42-57-31-19-11-20-32-57)76(100-43-58-33-21-12-22-34-58)80(103-48)109-70-63(45-96-40-55-27-15-9-16-28-55)108-78(102-44-59-35-23-13-24-36-59)66(84-50(3)86)72(70)110-79-68(92)74(67(91)62(107-79)46-101-77(93)60-37-25-14-26-38-60)112-82(81(94)95-8)39-61(104-52(5)88)65(83-49(2)85)73(111-82)71(106-54(7)90)64(105-53(6)89)47-97-51(4)87/h9-38,48,61-76,78-80,91-92H,39-47H2,1-8H3,(H,83,85)(H,84,86)/t48-,61-,62+,63+,64+,65+,66+,67-,68+,69+,70+,71+,72+,73+,74-,75+,76-,78+,79-,80-,82-/m0/s1. The summed E-state index contributed by atoms with van der Waals surface area (Å²) in [5.41, 5.74) is 3.88. The van der Waals surface area contributed by atoms with Crippen LogP contribution in [0.2, 0.25) is 0 Å². The van der Waals surface area contributed by atoms with Crippen LogP contribution in [-0.2, 0) is 152 Å². The third-order valence-electron chi connectivity index (χ3n) is 18.7. The molecule has 0 spiro atoms. The van der Waals surface area contributed by atoms with Crippen molar-refractivity contribution in [3.05, 3.63) is 215 Å². The van der Waals surface area contributed by atoms with E-state index in [0.717, 1.165) is 64.0 Å². The second kappa shape index (κ2) is 41.3. The Balaban J connectivity index is 1.13. The molecule has 0 aliphatic carbocycles. The smallest absolute Gasteiger partial charge is 0.366 e. The number of hydrogen-bond acceptors (Lipinski definition) is 28. The van der Waals surface area contributed by atoms with Gasteiger partial charge in [-0.3, -0.25) is 28.8 Å². The third-order valence-corrected chi connectivity index (χ3v) is 18.7. The number of methoxy groups -OCH3 is 1. The van der Waals surface area contributed by atoms with E-state index in [1.165, 1.54) is 19.1 Å². The first kappa shape index (κ1) is 85.0. The zero-order chi connectivity index (χ0) is 79.8. The fraction of sp³-hybridized carbons (Fsp3) is 0.463. The van der Waals surface area contributed by atoms with Gasteiger partial charge in [0.1, 0.15) is 92.5 Å². The lowest BCUT2D eigenvalue weighted by molar-refractivity contribution is -0.393. The number of benzene rings is 6. The van der Waals surface area contributed by atoms with Crippen molar-refractivity contribution in [3.63, 3.8) is 0 Å². The molecule has 602 valence electrons. The van der Waals surface area contributed by atoms with Crippen LogP contribution in [0.5, 0.6) is 0 Å². The van der Waals surface area contributed by atoms with E-state index in [2.05, 4.69) is 10.6 Å². The molecular weight excluding hydrogens is 1460 g/mol. The van der Waals surface area contributed by atoms with E-state index in [1.54, 1.807) is 49.4 Å². The second-order valence-electron chi connectivity index (χ2n) is 27.3. The molecule has 4 aliphatic rings. The Kier molecular flexibility index (Phi) is 31.4. The molecular formula is C82H96N2O28. The summed E-state index contributed by atoms with van der Waals surface area (Å²) < 4.78 is 117. The highest BCUT2D eigenvalue weighted by atomic mass is 16.8. The van der Waals surface area contributed by atoms with Crippen molar-refractivity contribution in [1.82, 2.24) is 10.6 Å². The number of nitrogens with one attached hydrogen (secondary N) is 2. The number of aliphatic hydroxyl groups is 2. The lowest BCUT2D eigenvalue weighted by Crippen LogP contribution is -2.72. The summed E-state index contributed by atoms with van der Waals surface area (Å²) in [7, 11) is 0.903. The summed E-state index contributed by atoms with van der Waals surface area (Å²) in [6.45, 7) is 5.98. The molecule has 4 N–H and O–H groups in total. The van der Waals surface area contributed by atoms with Crippen LogP contribution in [0.3, 0.4) is 0 Å². The molecule has 30 nitrogen and oxygen atoms in total. The highest BCUT2D eigenvalue weighted by molar-refractivity contribution is 5.89. The van der Waals surface area contributed by atoms with Gasteiger partial charge in [-0.05, 0) is 46.9 Å². The summed E-state index contributed by atoms with van der Waals surface area (Å²) in [5, 5.41) is 32.0. The number of esters is 6. The minimum Gasteiger partial charge on any atom is -0.465 e. The Morgan fingerprint density at radius 3 is 1.46 bits per heavy atom. The average molecular weight is 1560 g/mol. The van der Waals surface area contributed by atoms with Crippen LogP contribution in [0.1, 0.15) is 93.1 Å². The Hall–Kier alpha value is -9.48. The molecule has 6 aromatic rings. The van der Waals surface area contributed by atoms with E-state index in [-0.39, 0.29) is 45.2 Å². The highest BCUT2D eigenvalue weighted by Crippen LogP contribution is 2.43. The molecule has 30 heteroatoms. The van der Waals surface area contributed by atoms with Gasteiger partial charge in [0.15, 0.2) is 31.1 Å². The fourth-order valence-corrected chi connectivity index (χ4v) is 13.6. The van der Waals surface area contributed by atoms with Gasteiger partial charge >= 0.3 is 35.8 Å². The molecule has 4 fully saturated rings. The van der Waals surface area contributed by atoms with Crippen LogP contribution >= 0.6 is 0 Å². The van der Waals surface area contributed by atoms with Crippen molar-refractivity contribution in [2.24, 2.45) is 0 Å². The van der Waals surface area contributed by atoms with Crippen molar-refractivity contribution < 1.29 is 134 Å². The summed E-state index contributed by atoms with van der Waals surface area (Å²) in [6, 6.07) is 51.0. The van der Waals surface area contributed by atoms with E-state index in [9.17, 15) is 43.8 Å². The van der Waals surface area contributed by atoms with E-state index in [0.29, 0.717) is 5.56 Å². The van der Waals surface area contributed by atoms with Crippen LogP contribution in [0.4, 0.5) is 0 Å². The maximum atomic E-state index is 15.2. The van der Waals surface area contributed by atoms with Crippen molar-refractivity contribution in [3.8, 4) is 0 Å². The number of carbonyl (C=O) groups excluding carboxylic acids is 8. The van der Waals surface area contributed by atoms with Crippen molar-refractivity contribution in [2.45, 2.75) is 216 Å². The zero-order valence-electron chi connectivity index (χ0n) is 63.2. The quantitative estimate of drug-likeness (QED) is 0.0257. The lowest BCUT2D eigenvalue weighted by Gasteiger charge is -2.52. The first-order chi connectivity index (χ1) is 54.0. The largest absolute Gasteiger partial charge is 0.465 e.